The highest BCUT2D eigenvalue weighted by atomic mass is 16.1. The molecule has 0 aliphatic rings. The van der Waals surface area contributed by atoms with Crippen molar-refractivity contribution < 1.29 is 4.79 Å². The molecule has 1 N–H and O–H groups in total. The van der Waals surface area contributed by atoms with E-state index in [1.165, 1.54) is 13.3 Å². The number of carbonyl (C=O) groups is 1. The van der Waals surface area contributed by atoms with Gasteiger partial charge in [0.15, 0.2) is 0 Å². The van der Waals surface area contributed by atoms with Gasteiger partial charge in [0.25, 0.3) is 0 Å². The van der Waals surface area contributed by atoms with Crippen molar-refractivity contribution in [2.45, 2.75) is 6.92 Å². The molecule has 0 aromatic carbocycles. The van der Waals surface area contributed by atoms with E-state index in [4.69, 9.17) is 0 Å². The summed E-state index contributed by atoms with van der Waals surface area (Å²) in [5, 5.41) is 0. The van der Waals surface area contributed by atoms with Gasteiger partial charge >= 0.3 is 0 Å². The van der Waals surface area contributed by atoms with Crippen LogP contribution in [-0.4, -0.2) is 15.8 Å². The normalized spacial score (nSPS) is 8.10. The second-order valence-electron chi connectivity index (χ2n) is 1.77. The van der Waals surface area contributed by atoms with Crippen molar-refractivity contribution in [1.82, 2.24) is 9.97 Å². The molecule has 0 radical (unpaired) electrons. The first-order valence-corrected chi connectivity index (χ1v) is 2.80. The Morgan fingerprint density at radius 3 is 3.10 bits per heavy atom. The van der Waals surface area contributed by atoms with E-state index in [0.29, 0.717) is 5.69 Å². The standard InChI is InChI=1S/C7H6N2O/c1-6(10)2-3-7-4-8-5-9-7/h4-5H,1H3,(H,8,9). The summed E-state index contributed by atoms with van der Waals surface area (Å²) in [7, 11) is 0. The third-order valence-corrected chi connectivity index (χ3v) is 0.871. The second-order valence-corrected chi connectivity index (χ2v) is 1.77. The van der Waals surface area contributed by atoms with Gasteiger partial charge in [0.05, 0.1) is 12.5 Å². The van der Waals surface area contributed by atoms with Gasteiger partial charge in [-0.3, -0.25) is 4.79 Å². The van der Waals surface area contributed by atoms with Gasteiger partial charge in [-0.25, -0.2) is 4.98 Å². The molecule has 0 unspecified atom stereocenters. The lowest BCUT2D eigenvalue weighted by Gasteiger charge is -1.73. The molecule has 0 saturated heterocycles. The zero-order valence-corrected chi connectivity index (χ0v) is 5.51. The molecule has 10 heavy (non-hydrogen) atoms. The summed E-state index contributed by atoms with van der Waals surface area (Å²) < 4.78 is 0. The Bertz CT molecular complexity index is 276. The molecule has 0 amide bonds. The van der Waals surface area contributed by atoms with Crippen molar-refractivity contribution in [1.29, 1.82) is 0 Å². The minimum atomic E-state index is -0.144. The van der Waals surface area contributed by atoms with Gasteiger partial charge in [-0.2, -0.15) is 0 Å². The molecule has 3 nitrogen and oxygen atoms in total. The molecule has 0 atom stereocenters. The Kier molecular flexibility index (Phi) is 1.86. The fourth-order valence-corrected chi connectivity index (χ4v) is 0.480. The molecule has 0 bridgehead atoms. The summed E-state index contributed by atoms with van der Waals surface area (Å²) >= 11 is 0. The summed E-state index contributed by atoms with van der Waals surface area (Å²) in [5.41, 5.74) is 0.662. The summed E-state index contributed by atoms with van der Waals surface area (Å²) in [6, 6.07) is 0. The van der Waals surface area contributed by atoms with Crippen LogP contribution in [0.15, 0.2) is 12.5 Å². The zero-order chi connectivity index (χ0) is 7.40. The van der Waals surface area contributed by atoms with E-state index < -0.39 is 0 Å². The molecule has 0 aliphatic carbocycles. The minimum absolute atomic E-state index is 0.144. The van der Waals surface area contributed by atoms with Crippen LogP contribution in [0.2, 0.25) is 0 Å². The first kappa shape index (κ1) is 6.56. The van der Waals surface area contributed by atoms with E-state index in [1.54, 1.807) is 6.20 Å². The van der Waals surface area contributed by atoms with E-state index in [-0.39, 0.29) is 5.78 Å². The van der Waals surface area contributed by atoms with Gasteiger partial charge in [-0.15, -0.1) is 0 Å². The summed E-state index contributed by atoms with van der Waals surface area (Å²) in [6.45, 7) is 1.42. The number of nitrogens with zero attached hydrogens (tertiary/aromatic N) is 1. The Balaban J connectivity index is 2.75. The maximum absolute atomic E-state index is 10.3. The first-order valence-electron chi connectivity index (χ1n) is 2.80. The Labute approximate surface area is 58.5 Å². The molecule has 1 rings (SSSR count). The van der Waals surface area contributed by atoms with Crippen molar-refractivity contribution in [3.05, 3.63) is 18.2 Å². The van der Waals surface area contributed by atoms with Gasteiger partial charge in [-0.05, 0) is 11.8 Å². The van der Waals surface area contributed by atoms with Gasteiger partial charge in [0.1, 0.15) is 5.69 Å². The fourth-order valence-electron chi connectivity index (χ4n) is 0.480. The summed E-state index contributed by atoms with van der Waals surface area (Å²) in [5.74, 6) is 4.85. The first-order chi connectivity index (χ1) is 4.79. The van der Waals surface area contributed by atoms with E-state index >= 15 is 0 Å². The van der Waals surface area contributed by atoms with Gasteiger partial charge in [-0.1, -0.05) is 0 Å². The van der Waals surface area contributed by atoms with Crippen LogP contribution in [-0.2, 0) is 4.79 Å². The maximum atomic E-state index is 10.3. The quantitative estimate of drug-likeness (QED) is 0.520. The van der Waals surface area contributed by atoms with Crippen LogP contribution < -0.4 is 0 Å². The van der Waals surface area contributed by atoms with Crippen LogP contribution in [0.3, 0.4) is 0 Å². The SMILES string of the molecule is CC(=O)C#Cc1cnc[nH]1. The number of hydrogen-bond acceptors (Lipinski definition) is 2. The molecule has 50 valence electrons. The number of aromatic nitrogens is 2. The predicted octanol–water partition coefficient (Wildman–Crippen LogP) is 0.350. The van der Waals surface area contributed by atoms with Crippen LogP contribution in [0.25, 0.3) is 0 Å². The van der Waals surface area contributed by atoms with Crippen molar-refractivity contribution in [3.8, 4) is 11.8 Å². The van der Waals surface area contributed by atoms with E-state index in [0.717, 1.165) is 0 Å². The number of rotatable bonds is 0. The van der Waals surface area contributed by atoms with Gasteiger partial charge in [0, 0.05) is 6.92 Å². The number of hydrogen-bond donors (Lipinski definition) is 1. The smallest absolute Gasteiger partial charge is 0.202 e. The molecule has 0 saturated carbocycles. The number of aromatic amines is 1. The average Bonchev–Trinajstić information content (AvgIpc) is 2.34. The number of nitrogens with one attached hydrogen (secondary N) is 1. The third-order valence-electron chi connectivity index (χ3n) is 0.871. The number of Topliss-reactive ketones (excluding diaryl/α,β-unsaturated/α-hetero) is 1. The zero-order valence-electron chi connectivity index (χ0n) is 5.51. The molecule has 0 fully saturated rings. The lowest BCUT2D eigenvalue weighted by molar-refractivity contribution is -0.111. The highest BCUT2D eigenvalue weighted by Crippen LogP contribution is 1.84. The fraction of sp³-hybridized carbons (Fsp3) is 0.143. The van der Waals surface area contributed by atoms with Gasteiger partial charge in [0.2, 0.25) is 5.78 Å². The van der Waals surface area contributed by atoms with E-state index in [2.05, 4.69) is 21.8 Å². The Hall–Kier alpha value is -1.56. The van der Waals surface area contributed by atoms with E-state index in [1.807, 2.05) is 0 Å². The predicted molar refractivity (Wildman–Crippen MR) is 36.1 cm³/mol. The van der Waals surface area contributed by atoms with Crippen molar-refractivity contribution in [3.63, 3.8) is 0 Å². The van der Waals surface area contributed by atoms with E-state index in [9.17, 15) is 4.79 Å². The Morgan fingerprint density at radius 1 is 1.80 bits per heavy atom. The van der Waals surface area contributed by atoms with Crippen LogP contribution in [0.5, 0.6) is 0 Å². The minimum Gasteiger partial charge on any atom is -0.338 e. The molecular formula is C7H6N2O. The van der Waals surface area contributed by atoms with Crippen molar-refractivity contribution in [2.75, 3.05) is 0 Å². The number of ketones is 1. The second kappa shape index (κ2) is 2.83. The molecule has 0 spiro atoms. The molecule has 0 aliphatic heterocycles. The molecule has 1 aromatic rings. The highest BCUT2D eigenvalue weighted by molar-refractivity contribution is 5.93. The summed E-state index contributed by atoms with van der Waals surface area (Å²) in [6.07, 6.45) is 3.08. The average molecular weight is 134 g/mol. The van der Waals surface area contributed by atoms with Crippen molar-refractivity contribution >= 4 is 5.78 Å². The monoisotopic (exact) mass is 134 g/mol. The van der Waals surface area contributed by atoms with Crippen LogP contribution in [0.1, 0.15) is 12.6 Å². The largest absolute Gasteiger partial charge is 0.338 e. The number of carbonyl (C=O) groups excluding carboxylic acids is 1. The Morgan fingerprint density at radius 2 is 2.60 bits per heavy atom. The topological polar surface area (TPSA) is 45.8 Å². The van der Waals surface area contributed by atoms with Crippen LogP contribution >= 0.6 is 0 Å². The van der Waals surface area contributed by atoms with Crippen LogP contribution in [0, 0.1) is 11.8 Å². The molecule has 1 aromatic heterocycles. The number of H-pyrrole nitrogens is 1. The number of imidazole rings is 1. The highest BCUT2D eigenvalue weighted by Gasteiger charge is 1.84. The lowest BCUT2D eigenvalue weighted by Crippen LogP contribution is -1.81. The van der Waals surface area contributed by atoms with Crippen molar-refractivity contribution in [2.24, 2.45) is 0 Å². The molecule has 1 heterocycles. The maximum Gasteiger partial charge on any atom is 0.202 e. The molecule has 3 heteroatoms. The third kappa shape index (κ3) is 1.75. The molecular weight excluding hydrogens is 128 g/mol. The van der Waals surface area contributed by atoms with Crippen LogP contribution in [0.4, 0.5) is 0 Å². The lowest BCUT2D eigenvalue weighted by atomic mass is 10.4. The summed E-state index contributed by atoms with van der Waals surface area (Å²) in [4.78, 5) is 16.8. The van der Waals surface area contributed by atoms with Gasteiger partial charge < -0.3 is 4.98 Å².